The van der Waals surface area contributed by atoms with Gasteiger partial charge in [-0.3, -0.25) is 5.43 Å². The zero-order chi connectivity index (χ0) is 10.4. The maximum Gasteiger partial charge on any atom is 0.203 e. The maximum absolute atomic E-state index is 5.47. The van der Waals surface area contributed by atoms with Crippen molar-refractivity contribution < 1.29 is 0 Å². The minimum atomic E-state index is 0.212. The van der Waals surface area contributed by atoms with E-state index in [0.29, 0.717) is 5.96 Å². The second-order valence-electron chi connectivity index (χ2n) is 3.87. The van der Waals surface area contributed by atoms with Gasteiger partial charge >= 0.3 is 0 Å². The Labute approximate surface area is 85.5 Å². The smallest absolute Gasteiger partial charge is 0.203 e. The number of nitrogens with zero attached hydrogens (tertiary/aromatic N) is 2. The largest absolute Gasteiger partial charge is 0.369 e. The highest BCUT2D eigenvalue weighted by Gasteiger charge is 2.12. The summed E-state index contributed by atoms with van der Waals surface area (Å²) in [5, 5.41) is 0. The molecule has 1 aliphatic heterocycles. The van der Waals surface area contributed by atoms with Crippen molar-refractivity contribution in [2.75, 3.05) is 19.6 Å². The van der Waals surface area contributed by atoms with Gasteiger partial charge < -0.3 is 10.6 Å². The van der Waals surface area contributed by atoms with E-state index in [1.54, 1.807) is 0 Å². The minimum Gasteiger partial charge on any atom is -0.369 e. The average Bonchev–Trinajstić information content (AvgIpc) is 2.19. The van der Waals surface area contributed by atoms with Crippen LogP contribution in [0.3, 0.4) is 0 Å². The van der Waals surface area contributed by atoms with Gasteiger partial charge in [0.15, 0.2) is 0 Å². The van der Waals surface area contributed by atoms with Crippen LogP contribution in [0, 0.1) is 0 Å². The quantitative estimate of drug-likeness (QED) is 0.251. The molecule has 0 aromatic carbocycles. The Kier molecular flexibility index (Phi) is 4.69. The third-order valence-corrected chi connectivity index (χ3v) is 2.48. The highest BCUT2D eigenvalue weighted by molar-refractivity contribution is 5.77. The molecule has 82 valence electrons. The van der Waals surface area contributed by atoms with Crippen molar-refractivity contribution in [3.63, 3.8) is 0 Å². The number of guanidine groups is 1. The fourth-order valence-electron chi connectivity index (χ4n) is 1.83. The molecule has 5 heteroatoms. The molecule has 0 saturated carbocycles. The maximum atomic E-state index is 5.47. The summed E-state index contributed by atoms with van der Waals surface area (Å²) in [6.45, 7) is 5.41. The van der Waals surface area contributed by atoms with Crippen LogP contribution in [0.1, 0.15) is 26.2 Å². The zero-order valence-corrected chi connectivity index (χ0v) is 8.87. The van der Waals surface area contributed by atoms with Gasteiger partial charge in [0.2, 0.25) is 5.96 Å². The van der Waals surface area contributed by atoms with Crippen LogP contribution >= 0.6 is 0 Å². The van der Waals surface area contributed by atoms with Crippen LogP contribution in [0.25, 0.3) is 0 Å². The van der Waals surface area contributed by atoms with E-state index in [9.17, 15) is 0 Å². The standard InChI is InChI=1S/C9H21N5/c1-8(12-9(10)13-11)7-14-5-3-2-4-6-14/h8H,2-7,11H2,1H3,(H3,10,12,13). The van der Waals surface area contributed by atoms with E-state index in [1.807, 2.05) is 0 Å². The van der Waals surface area contributed by atoms with Gasteiger partial charge in [-0.25, -0.2) is 10.8 Å². The summed E-state index contributed by atoms with van der Waals surface area (Å²) in [5.41, 5.74) is 7.82. The van der Waals surface area contributed by atoms with Gasteiger partial charge in [-0.15, -0.1) is 0 Å². The molecule has 0 radical (unpaired) electrons. The molecule has 5 nitrogen and oxygen atoms in total. The van der Waals surface area contributed by atoms with Crippen molar-refractivity contribution in [1.29, 1.82) is 0 Å². The predicted octanol–water partition coefficient (Wildman–Crippen LogP) is -0.361. The molecular weight excluding hydrogens is 178 g/mol. The van der Waals surface area contributed by atoms with Crippen LogP contribution in [-0.2, 0) is 0 Å². The first-order valence-electron chi connectivity index (χ1n) is 5.24. The van der Waals surface area contributed by atoms with Crippen LogP contribution in [0.15, 0.2) is 4.99 Å². The van der Waals surface area contributed by atoms with Crippen LogP contribution in [0.2, 0.25) is 0 Å². The summed E-state index contributed by atoms with van der Waals surface area (Å²) in [6.07, 6.45) is 3.97. The minimum absolute atomic E-state index is 0.212. The predicted molar refractivity (Wildman–Crippen MR) is 58.7 cm³/mol. The van der Waals surface area contributed by atoms with Gasteiger partial charge in [0.1, 0.15) is 0 Å². The third kappa shape index (κ3) is 3.93. The molecular formula is C9H21N5. The van der Waals surface area contributed by atoms with E-state index in [-0.39, 0.29) is 6.04 Å². The highest BCUT2D eigenvalue weighted by Crippen LogP contribution is 2.09. The topological polar surface area (TPSA) is 79.7 Å². The lowest BCUT2D eigenvalue weighted by Gasteiger charge is -2.27. The van der Waals surface area contributed by atoms with E-state index in [2.05, 4.69) is 22.2 Å². The van der Waals surface area contributed by atoms with Gasteiger partial charge in [-0.05, 0) is 32.9 Å². The van der Waals surface area contributed by atoms with Crippen LogP contribution in [0.4, 0.5) is 0 Å². The molecule has 1 saturated heterocycles. The molecule has 1 atom stereocenters. The number of nitrogens with two attached hydrogens (primary N) is 2. The molecule has 1 heterocycles. The number of likely N-dealkylation sites (tertiary alicyclic amines) is 1. The number of hydrogen-bond acceptors (Lipinski definition) is 3. The van der Waals surface area contributed by atoms with Gasteiger partial charge in [0.25, 0.3) is 0 Å². The lowest BCUT2D eigenvalue weighted by Crippen LogP contribution is -2.40. The third-order valence-electron chi connectivity index (χ3n) is 2.48. The molecule has 0 aromatic rings. The zero-order valence-electron chi connectivity index (χ0n) is 8.87. The molecule has 1 unspecified atom stereocenters. The van der Waals surface area contributed by atoms with Crippen molar-refractivity contribution >= 4 is 5.96 Å². The Bertz CT molecular complexity index is 186. The normalized spacial score (nSPS) is 22.0. The number of rotatable bonds is 3. The van der Waals surface area contributed by atoms with E-state index in [0.717, 1.165) is 6.54 Å². The summed E-state index contributed by atoms with van der Waals surface area (Å²) < 4.78 is 0. The Balaban J connectivity index is 2.28. The molecule has 1 aliphatic rings. The Hall–Kier alpha value is -0.810. The first kappa shape index (κ1) is 11.3. The Morgan fingerprint density at radius 1 is 1.43 bits per heavy atom. The summed E-state index contributed by atoms with van der Waals surface area (Å²) in [7, 11) is 0. The average molecular weight is 199 g/mol. The molecule has 0 aliphatic carbocycles. The number of nitrogens with one attached hydrogen (secondary N) is 1. The van der Waals surface area contributed by atoms with E-state index in [1.165, 1.54) is 32.4 Å². The second-order valence-corrected chi connectivity index (χ2v) is 3.87. The summed E-state index contributed by atoms with van der Waals surface area (Å²) in [5.74, 6) is 5.45. The lowest BCUT2D eigenvalue weighted by atomic mass is 10.1. The molecule has 1 fully saturated rings. The first-order valence-corrected chi connectivity index (χ1v) is 5.24. The molecule has 0 bridgehead atoms. The lowest BCUT2D eigenvalue weighted by molar-refractivity contribution is 0.220. The van der Waals surface area contributed by atoms with Crippen LogP contribution in [0.5, 0.6) is 0 Å². The van der Waals surface area contributed by atoms with Crippen molar-refractivity contribution in [3.05, 3.63) is 0 Å². The molecule has 0 amide bonds. The summed E-state index contributed by atoms with van der Waals surface area (Å²) >= 11 is 0. The van der Waals surface area contributed by atoms with Crippen molar-refractivity contribution in [3.8, 4) is 0 Å². The molecule has 0 aromatic heterocycles. The monoisotopic (exact) mass is 199 g/mol. The van der Waals surface area contributed by atoms with E-state index < -0.39 is 0 Å². The van der Waals surface area contributed by atoms with Crippen molar-refractivity contribution in [1.82, 2.24) is 10.3 Å². The first-order chi connectivity index (χ1) is 6.72. The molecule has 0 spiro atoms. The fourth-order valence-corrected chi connectivity index (χ4v) is 1.83. The SMILES string of the molecule is CC(CN1CCCCC1)N=C(N)NN. The van der Waals surface area contributed by atoms with Crippen LogP contribution in [-0.4, -0.2) is 36.5 Å². The molecule has 1 rings (SSSR count). The van der Waals surface area contributed by atoms with Crippen LogP contribution < -0.4 is 17.0 Å². The van der Waals surface area contributed by atoms with Crippen molar-refractivity contribution in [2.24, 2.45) is 16.6 Å². The number of hydrazine groups is 1. The Morgan fingerprint density at radius 3 is 2.64 bits per heavy atom. The second kappa shape index (κ2) is 5.82. The van der Waals surface area contributed by atoms with Gasteiger partial charge in [-0.1, -0.05) is 6.42 Å². The fraction of sp³-hybridized carbons (Fsp3) is 0.889. The number of hydrogen-bond donors (Lipinski definition) is 3. The molecule has 5 N–H and O–H groups in total. The number of piperidine rings is 1. The van der Waals surface area contributed by atoms with E-state index in [4.69, 9.17) is 11.6 Å². The van der Waals surface area contributed by atoms with E-state index >= 15 is 0 Å². The number of aliphatic imine (C=N–C) groups is 1. The highest BCUT2D eigenvalue weighted by atomic mass is 15.3. The van der Waals surface area contributed by atoms with Crippen molar-refractivity contribution in [2.45, 2.75) is 32.2 Å². The Morgan fingerprint density at radius 2 is 2.07 bits per heavy atom. The molecule has 14 heavy (non-hydrogen) atoms. The van der Waals surface area contributed by atoms with Gasteiger partial charge in [-0.2, -0.15) is 0 Å². The summed E-state index contributed by atoms with van der Waals surface area (Å²) in [6, 6.07) is 0.212. The van der Waals surface area contributed by atoms with Gasteiger partial charge in [0.05, 0.1) is 6.04 Å². The van der Waals surface area contributed by atoms with Gasteiger partial charge in [0, 0.05) is 6.54 Å². The summed E-state index contributed by atoms with van der Waals surface area (Å²) in [4.78, 5) is 6.64.